The summed E-state index contributed by atoms with van der Waals surface area (Å²) in [6, 6.07) is 15.6. The van der Waals surface area contributed by atoms with Gasteiger partial charge in [0.25, 0.3) is 0 Å². The first-order valence-corrected chi connectivity index (χ1v) is 10.5. The Morgan fingerprint density at radius 3 is 2.77 bits per heavy atom. The number of rotatable bonds is 4. The Labute approximate surface area is 175 Å². The Hall–Kier alpha value is -3.28. The number of methoxy groups -OCH3 is 1. The monoisotopic (exact) mass is 403 g/mol. The minimum atomic E-state index is -0.339. The molecule has 1 saturated heterocycles. The SMILES string of the molecule is COc1ccc(N2C[C@H](C(=O)N[C@@H]3CCCc4c3[nH]c3ccccc43)CC2=O)cc1. The maximum Gasteiger partial charge on any atom is 0.227 e. The minimum absolute atomic E-state index is 0.0183. The quantitative estimate of drug-likeness (QED) is 0.697. The number of hydrogen-bond donors (Lipinski definition) is 2. The molecule has 1 aliphatic heterocycles. The largest absolute Gasteiger partial charge is 0.497 e. The molecule has 2 amide bonds. The van der Waals surface area contributed by atoms with Crippen LogP contribution in [0.15, 0.2) is 48.5 Å². The van der Waals surface area contributed by atoms with Crippen LogP contribution in [0.5, 0.6) is 5.75 Å². The summed E-state index contributed by atoms with van der Waals surface area (Å²) in [4.78, 5) is 30.8. The van der Waals surface area contributed by atoms with Gasteiger partial charge in [0.15, 0.2) is 0 Å². The van der Waals surface area contributed by atoms with Gasteiger partial charge in [-0.15, -0.1) is 0 Å². The zero-order valence-electron chi connectivity index (χ0n) is 17.0. The van der Waals surface area contributed by atoms with Crippen molar-refractivity contribution in [2.45, 2.75) is 31.7 Å². The number of hydrogen-bond acceptors (Lipinski definition) is 3. The van der Waals surface area contributed by atoms with E-state index in [1.165, 1.54) is 10.9 Å². The highest BCUT2D eigenvalue weighted by Crippen LogP contribution is 2.35. The summed E-state index contributed by atoms with van der Waals surface area (Å²) in [5.74, 6) is 0.339. The topological polar surface area (TPSA) is 74.4 Å². The normalized spacial score (nSPS) is 21.0. The highest BCUT2D eigenvalue weighted by atomic mass is 16.5. The van der Waals surface area contributed by atoms with Gasteiger partial charge in [-0.05, 0) is 55.2 Å². The van der Waals surface area contributed by atoms with E-state index in [1.807, 2.05) is 30.3 Å². The highest BCUT2D eigenvalue weighted by Gasteiger charge is 2.36. The zero-order valence-corrected chi connectivity index (χ0v) is 17.0. The Bertz CT molecular complexity index is 1100. The van der Waals surface area contributed by atoms with Gasteiger partial charge in [0.1, 0.15) is 5.75 Å². The fourth-order valence-corrected chi connectivity index (χ4v) is 4.74. The van der Waals surface area contributed by atoms with Gasteiger partial charge in [-0.2, -0.15) is 0 Å². The molecule has 2 aromatic carbocycles. The molecule has 0 unspecified atom stereocenters. The number of amides is 2. The van der Waals surface area contributed by atoms with Crippen LogP contribution in [-0.2, 0) is 16.0 Å². The summed E-state index contributed by atoms with van der Waals surface area (Å²) in [5.41, 5.74) is 4.34. The van der Waals surface area contributed by atoms with Crippen molar-refractivity contribution in [1.82, 2.24) is 10.3 Å². The Morgan fingerprint density at radius 2 is 1.97 bits per heavy atom. The summed E-state index contributed by atoms with van der Waals surface area (Å²) in [6.45, 7) is 0.406. The van der Waals surface area contributed by atoms with Gasteiger partial charge in [0.05, 0.1) is 19.1 Å². The number of H-pyrrole nitrogens is 1. The van der Waals surface area contributed by atoms with Crippen molar-refractivity contribution in [3.05, 3.63) is 59.8 Å². The second kappa shape index (κ2) is 7.52. The summed E-state index contributed by atoms with van der Waals surface area (Å²) in [5, 5.41) is 4.46. The smallest absolute Gasteiger partial charge is 0.227 e. The van der Waals surface area contributed by atoms with Crippen molar-refractivity contribution < 1.29 is 14.3 Å². The summed E-state index contributed by atoms with van der Waals surface area (Å²) in [7, 11) is 1.61. The number of nitrogens with zero attached hydrogens (tertiary/aromatic N) is 1. The molecule has 1 fully saturated rings. The Balaban J connectivity index is 1.31. The molecule has 0 spiro atoms. The van der Waals surface area contributed by atoms with E-state index in [9.17, 15) is 9.59 Å². The van der Waals surface area contributed by atoms with Crippen molar-refractivity contribution >= 4 is 28.4 Å². The number of ether oxygens (including phenoxy) is 1. The lowest BCUT2D eigenvalue weighted by atomic mass is 9.91. The lowest BCUT2D eigenvalue weighted by molar-refractivity contribution is -0.127. The van der Waals surface area contributed by atoms with Crippen LogP contribution in [0.3, 0.4) is 0 Å². The van der Waals surface area contributed by atoms with Gasteiger partial charge in [0.2, 0.25) is 11.8 Å². The maximum atomic E-state index is 13.0. The van der Waals surface area contributed by atoms with Crippen LogP contribution in [0, 0.1) is 5.92 Å². The number of carbonyl (C=O) groups is 2. The average molecular weight is 403 g/mol. The summed E-state index contributed by atoms with van der Waals surface area (Å²) >= 11 is 0. The minimum Gasteiger partial charge on any atom is -0.497 e. The number of anilines is 1. The molecule has 30 heavy (non-hydrogen) atoms. The summed E-state index contributed by atoms with van der Waals surface area (Å²) in [6.07, 6.45) is 3.22. The van der Waals surface area contributed by atoms with E-state index in [1.54, 1.807) is 12.0 Å². The second-order valence-corrected chi connectivity index (χ2v) is 8.12. The number of para-hydroxylation sites is 1. The molecule has 6 heteroatoms. The third-order valence-corrected chi connectivity index (χ3v) is 6.31. The van der Waals surface area contributed by atoms with Crippen molar-refractivity contribution in [2.75, 3.05) is 18.6 Å². The van der Waals surface area contributed by atoms with Gasteiger partial charge in [-0.1, -0.05) is 18.2 Å². The van der Waals surface area contributed by atoms with Crippen molar-refractivity contribution in [2.24, 2.45) is 5.92 Å². The molecule has 2 aliphatic rings. The molecule has 1 aliphatic carbocycles. The van der Waals surface area contributed by atoms with Crippen LogP contribution in [0.25, 0.3) is 10.9 Å². The van der Waals surface area contributed by atoms with Gasteiger partial charge < -0.3 is 19.9 Å². The molecule has 5 rings (SSSR count). The zero-order chi connectivity index (χ0) is 20.7. The van der Waals surface area contributed by atoms with Crippen LogP contribution in [-0.4, -0.2) is 30.5 Å². The van der Waals surface area contributed by atoms with E-state index in [2.05, 4.69) is 28.5 Å². The van der Waals surface area contributed by atoms with Crippen LogP contribution in [0.1, 0.15) is 36.6 Å². The third kappa shape index (κ3) is 3.22. The van der Waals surface area contributed by atoms with E-state index in [-0.39, 0.29) is 30.2 Å². The third-order valence-electron chi connectivity index (χ3n) is 6.31. The lowest BCUT2D eigenvalue weighted by Crippen LogP contribution is -2.37. The second-order valence-electron chi connectivity index (χ2n) is 8.12. The van der Waals surface area contributed by atoms with Crippen LogP contribution < -0.4 is 15.0 Å². The number of benzene rings is 2. The molecule has 154 valence electrons. The number of carbonyl (C=O) groups excluding carboxylic acids is 2. The molecule has 3 aromatic rings. The summed E-state index contributed by atoms with van der Waals surface area (Å²) < 4.78 is 5.18. The maximum absolute atomic E-state index is 13.0. The number of aryl methyl sites for hydroxylation is 1. The van der Waals surface area contributed by atoms with Gasteiger partial charge >= 0.3 is 0 Å². The van der Waals surface area contributed by atoms with E-state index in [0.717, 1.165) is 41.9 Å². The van der Waals surface area contributed by atoms with Crippen LogP contribution in [0.2, 0.25) is 0 Å². The predicted octanol–water partition coefficient (Wildman–Crippen LogP) is 3.72. The first-order chi connectivity index (χ1) is 14.6. The first kappa shape index (κ1) is 18.7. The molecule has 2 N–H and O–H groups in total. The molecule has 1 aromatic heterocycles. The molecule has 0 saturated carbocycles. The van der Waals surface area contributed by atoms with E-state index in [0.29, 0.717) is 6.54 Å². The van der Waals surface area contributed by atoms with Gasteiger partial charge in [0, 0.05) is 35.2 Å². The Kier molecular flexibility index (Phi) is 4.69. The fourth-order valence-electron chi connectivity index (χ4n) is 4.74. The predicted molar refractivity (Wildman–Crippen MR) is 116 cm³/mol. The van der Waals surface area contributed by atoms with E-state index >= 15 is 0 Å². The number of fused-ring (bicyclic) bond motifs is 3. The number of nitrogens with one attached hydrogen (secondary N) is 2. The van der Waals surface area contributed by atoms with E-state index in [4.69, 9.17) is 4.74 Å². The molecular weight excluding hydrogens is 378 g/mol. The number of aromatic nitrogens is 1. The van der Waals surface area contributed by atoms with Crippen molar-refractivity contribution in [3.63, 3.8) is 0 Å². The average Bonchev–Trinajstić information content (AvgIpc) is 3.35. The van der Waals surface area contributed by atoms with Crippen LogP contribution >= 0.6 is 0 Å². The van der Waals surface area contributed by atoms with Crippen molar-refractivity contribution in [1.29, 1.82) is 0 Å². The van der Waals surface area contributed by atoms with Crippen molar-refractivity contribution in [3.8, 4) is 5.75 Å². The molecule has 0 radical (unpaired) electrons. The standard InChI is InChI=1S/C24H25N3O3/c1-30-17-11-9-16(10-12-17)27-14-15(13-22(27)28)24(29)26-21-8-4-6-19-18-5-2-3-7-20(18)25-23(19)21/h2-3,5,7,9-12,15,21,25H,4,6,8,13-14H2,1H3,(H,26,29)/t15-,21-/m1/s1. The first-order valence-electron chi connectivity index (χ1n) is 10.5. The molecule has 6 nitrogen and oxygen atoms in total. The van der Waals surface area contributed by atoms with Gasteiger partial charge in [-0.3, -0.25) is 9.59 Å². The molecule has 2 heterocycles. The highest BCUT2D eigenvalue weighted by molar-refractivity contribution is 6.00. The fraction of sp³-hybridized carbons (Fsp3) is 0.333. The molecular formula is C24H25N3O3. The molecule has 2 atom stereocenters. The number of aromatic amines is 1. The van der Waals surface area contributed by atoms with E-state index < -0.39 is 0 Å². The Morgan fingerprint density at radius 1 is 1.17 bits per heavy atom. The molecule has 0 bridgehead atoms. The lowest BCUT2D eigenvalue weighted by Gasteiger charge is -2.25. The van der Waals surface area contributed by atoms with Gasteiger partial charge in [-0.25, -0.2) is 0 Å². The van der Waals surface area contributed by atoms with Crippen LogP contribution in [0.4, 0.5) is 5.69 Å².